The van der Waals surface area contributed by atoms with Crippen LogP contribution in [0.15, 0.2) is 35.5 Å². The van der Waals surface area contributed by atoms with E-state index in [1.165, 1.54) is 0 Å². The topological polar surface area (TPSA) is 61.3 Å². The van der Waals surface area contributed by atoms with Gasteiger partial charge in [-0.1, -0.05) is 18.2 Å². The second kappa shape index (κ2) is 3.37. The van der Waals surface area contributed by atoms with Crippen molar-refractivity contribution in [3.63, 3.8) is 0 Å². The smallest absolute Gasteiger partial charge is 0.214 e. The molecule has 3 N–H and O–H groups in total. The normalized spacial score (nSPS) is 16.2. The molecule has 1 aliphatic heterocycles. The van der Waals surface area contributed by atoms with E-state index in [2.05, 4.69) is 26.1 Å². The van der Waals surface area contributed by atoms with Crippen molar-refractivity contribution in [2.45, 2.75) is 0 Å². The molecular formula is C11H11N5. The van der Waals surface area contributed by atoms with Gasteiger partial charge in [0.15, 0.2) is 0 Å². The Morgan fingerprint density at radius 1 is 1.19 bits per heavy atom. The van der Waals surface area contributed by atoms with Gasteiger partial charge in [0.25, 0.3) is 0 Å². The van der Waals surface area contributed by atoms with E-state index < -0.39 is 0 Å². The number of para-hydroxylation sites is 1. The first-order valence-electron chi connectivity index (χ1n) is 5.02. The van der Waals surface area contributed by atoms with Crippen LogP contribution in [0.4, 0.5) is 11.4 Å². The van der Waals surface area contributed by atoms with Crippen molar-refractivity contribution in [3.05, 3.63) is 30.5 Å². The van der Waals surface area contributed by atoms with Gasteiger partial charge in [0.05, 0.1) is 23.1 Å². The predicted molar refractivity (Wildman–Crippen MR) is 65.5 cm³/mol. The summed E-state index contributed by atoms with van der Waals surface area (Å²) < 4.78 is 0. The number of hydrogen-bond acceptors (Lipinski definition) is 3. The lowest BCUT2D eigenvalue weighted by atomic mass is 10.1. The quantitative estimate of drug-likeness (QED) is 0.621. The average Bonchev–Trinajstić information content (AvgIpc) is 2.38. The van der Waals surface area contributed by atoms with Gasteiger partial charge in [0.2, 0.25) is 5.96 Å². The predicted octanol–water partition coefficient (Wildman–Crippen LogP) is 1.56. The Bertz CT molecular complexity index is 576. The van der Waals surface area contributed by atoms with Crippen molar-refractivity contribution >= 4 is 28.2 Å². The number of guanidine groups is 1. The first-order chi connectivity index (χ1) is 7.88. The van der Waals surface area contributed by atoms with Gasteiger partial charge < -0.3 is 5.32 Å². The highest BCUT2D eigenvalue weighted by molar-refractivity contribution is 6.09. The summed E-state index contributed by atoms with van der Waals surface area (Å²) >= 11 is 0. The zero-order valence-corrected chi connectivity index (χ0v) is 8.78. The number of rotatable bonds is 0. The highest BCUT2D eigenvalue weighted by Gasteiger charge is 2.14. The molecule has 1 aliphatic rings. The molecule has 0 bridgehead atoms. The van der Waals surface area contributed by atoms with Crippen LogP contribution in [-0.4, -0.2) is 18.0 Å². The third-order valence-electron chi connectivity index (χ3n) is 2.56. The lowest BCUT2D eigenvalue weighted by Gasteiger charge is -2.23. The zero-order chi connectivity index (χ0) is 11.0. The first-order valence-corrected chi connectivity index (χ1v) is 5.02. The summed E-state index contributed by atoms with van der Waals surface area (Å²) in [6.07, 6.45) is 1.80. The van der Waals surface area contributed by atoms with Crippen LogP contribution in [0.3, 0.4) is 0 Å². The number of aromatic nitrogens is 1. The molecule has 0 amide bonds. The highest BCUT2D eigenvalue weighted by Crippen LogP contribution is 2.30. The minimum Gasteiger partial charge on any atom is -0.323 e. The minimum atomic E-state index is 0.698. The van der Waals surface area contributed by atoms with Crippen LogP contribution in [-0.2, 0) is 0 Å². The number of aliphatic imine (C=N–C) groups is 1. The van der Waals surface area contributed by atoms with Crippen molar-refractivity contribution in [2.24, 2.45) is 4.99 Å². The number of pyridine rings is 1. The van der Waals surface area contributed by atoms with Gasteiger partial charge in [0, 0.05) is 12.4 Å². The molecule has 1 aromatic carbocycles. The molecule has 2 aromatic rings. The van der Waals surface area contributed by atoms with Crippen LogP contribution in [0.2, 0.25) is 0 Å². The van der Waals surface area contributed by atoms with Crippen LogP contribution in [0.1, 0.15) is 0 Å². The molecule has 0 fully saturated rings. The van der Waals surface area contributed by atoms with E-state index in [0.717, 1.165) is 22.3 Å². The third-order valence-corrected chi connectivity index (χ3v) is 2.56. The fourth-order valence-corrected chi connectivity index (χ4v) is 1.76. The van der Waals surface area contributed by atoms with Crippen LogP contribution < -0.4 is 16.2 Å². The molecule has 16 heavy (non-hydrogen) atoms. The largest absolute Gasteiger partial charge is 0.323 e. The SMILES string of the molecule is CN=C1NNc2cnc3ccccc3c2N1. The van der Waals surface area contributed by atoms with Crippen LogP contribution >= 0.6 is 0 Å². The minimum absolute atomic E-state index is 0.698. The Morgan fingerprint density at radius 2 is 2.06 bits per heavy atom. The Labute approximate surface area is 92.6 Å². The number of nitrogens with zero attached hydrogens (tertiary/aromatic N) is 2. The maximum Gasteiger partial charge on any atom is 0.214 e. The van der Waals surface area contributed by atoms with Gasteiger partial charge in [-0.15, -0.1) is 0 Å². The molecule has 0 spiro atoms. The van der Waals surface area contributed by atoms with Gasteiger partial charge in [-0.05, 0) is 6.07 Å². The average molecular weight is 213 g/mol. The van der Waals surface area contributed by atoms with Crippen molar-refractivity contribution in [1.29, 1.82) is 0 Å². The number of nitrogens with one attached hydrogen (secondary N) is 3. The van der Waals surface area contributed by atoms with Crippen molar-refractivity contribution < 1.29 is 0 Å². The van der Waals surface area contributed by atoms with Crippen molar-refractivity contribution in [3.8, 4) is 0 Å². The molecule has 0 atom stereocenters. The molecule has 0 saturated heterocycles. The van der Waals surface area contributed by atoms with Gasteiger partial charge in [0.1, 0.15) is 0 Å². The van der Waals surface area contributed by atoms with Gasteiger partial charge in [-0.2, -0.15) is 0 Å². The van der Waals surface area contributed by atoms with E-state index in [9.17, 15) is 0 Å². The second-order valence-corrected chi connectivity index (χ2v) is 3.51. The number of hydrogen-bond donors (Lipinski definition) is 3. The summed E-state index contributed by atoms with van der Waals surface area (Å²) in [5.74, 6) is 0.698. The molecule has 80 valence electrons. The van der Waals surface area contributed by atoms with E-state index in [1.807, 2.05) is 24.3 Å². The molecule has 0 saturated carbocycles. The summed E-state index contributed by atoms with van der Waals surface area (Å²) in [4.78, 5) is 8.43. The summed E-state index contributed by atoms with van der Waals surface area (Å²) in [5, 5.41) is 4.30. The zero-order valence-electron chi connectivity index (χ0n) is 8.78. The maximum absolute atomic E-state index is 4.36. The van der Waals surface area contributed by atoms with Crippen molar-refractivity contribution in [1.82, 2.24) is 10.4 Å². The highest BCUT2D eigenvalue weighted by atomic mass is 15.5. The molecule has 1 aromatic heterocycles. The van der Waals surface area contributed by atoms with E-state index in [0.29, 0.717) is 5.96 Å². The Hall–Kier alpha value is -2.30. The lowest BCUT2D eigenvalue weighted by Crippen LogP contribution is -2.39. The lowest BCUT2D eigenvalue weighted by molar-refractivity contribution is 1.07. The molecule has 3 rings (SSSR count). The Balaban J connectivity index is 2.25. The molecule has 0 unspecified atom stereocenters. The van der Waals surface area contributed by atoms with Crippen LogP contribution in [0.25, 0.3) is 10.9 Å². The van der Waals surface area contributed by atoms with E-state index >= 15 is 0 Å². The molecule has 0 aliphatic carbocycles. The molecule has 2 heterocycles. The third kappa shape index (κ3) is 1.25. The van der Waals surface area contributed by atoms with Crippen LogP contribution in [0, 0.1) is 0 Å². The van der Waals surface area contributed by atoms with E-state index in [-0.39, 0.29) is 0 Å². The maximum atomic E-state index is 4.36. The number of fused-ring (bicyclic) bond motifs is 3. The number of hydrazine groups is 1. The summed E-state index contributed by atoms with van der Waals surface area (Å²) in [7, 11) is 1.73. The van der Waals surface area contributed by atoms with Crippen molar-refractivity contribution in [2.75, 3.05) is 17.8 Å². The van der Waals surface area contributed by atoms with E-state index in [1.54, 1.807) is 13.2 Å². The number of benzene rings is 1. The van der Waals surface area contributed by atoms with Gasteiger partial charge >= 0.3 is 0 Å². The summed E-state index contributed by atoms with van der Waals surface area (Å²) in [5.41, 5.74) is 8.88. The van der Waals surface area contributed by atoms with E-state index in [4.69, 9.17) is 0 Å². The molecule has 5 nitrogen and oxygen atoms in total. The standard InChI is InChI=1S/C11H11N5/c1-12-11-14-10-7-4-2-3-5-8(7)13-6-9(10)15-16-11/h2-6,15H,1H3,(H2,12,14,16). The van der Waals surface area contributed by atoms with Gasteiger partial charge in [-0.3, -0.25) is 20.8 Å². The fraction of sp³-hybridized carbons (Fsp3) is 0.0909. The molecular weight excluding hydrogens is 202 g/mol. The number of anilines is 2. The Kier molecular flexibility index (Phi) is 1.89. The summed E-state index contributed by atoms with van der Waals surface area (Å²) in [6, 6.07) is 8.00. The van der Waals surface area contributed by atoms with Crippen LogP contribution in [0.5, 0.6) is 0 Å². The monoisotopic (exact) mass is 213 g/mol. The summed E-state index contributed by atoms with van der Waals surface area (Å²) in [6.45, 7) is 0. The molecule has 5 heteroatoms. The first kappa shape index (κ1) is 8.96. The Morgan fingerprint density at radius 3 is 2.94 bits per heavy atom. The molecule has 0 radical (unpaired) electrons. The van der Waals surface area contributed by atoms with Gasteiger partial charge in [-0.25, -0.2) is 0 Å². The second-order valence-electron chi connectivity index (χ2n) is 3.51. The fourth-order valence-electron chi connectivity index (χ4n) is 1.76.